The normalized spacial score (nSPS) is 14.9. The molecule has 1 aliphatic rings. The van der Waals surface area contributed by atoms with E-state index in [1.807, 2.05) is 24.3 Å². The van der Waals surface area contributed by atoms with Crippen molar-refractivity contribution in [1.82, 2.24) is 10.2 Å². The Kier molecular flexibility index (Phi) is 3.55. The molecule has 0 radical (unpaired) electrons. The number of hydrogen-bond acceptors (Lipinski definition) is 1. The van der Waals surface area contributed by atoms with Gasteiger partial charge in [0, 0.05) is 24.0 Å². The van der Waals surface area contributed by atoms with Crippen LogP contribution in [0.2, 0.25) is 5.02 Å². The Bertz CT molecular complexity index is 461. The van der Waals surface area contributed by atoms with E-state index in [9.17, 15) is 4.79 Å². The molecule has 1 aromatic rings. The second-order valence-corrected chi connectivity index (χ2v) is 4.46. The minimum Gasteiger partial charge on any atom is -0.327 e. The number of nitrogens with zero attached hydrogens (tertiary/aromatic N) is 1. The first-order chi connectivity index (χ1) is 8.20. The van der Waals surface area contributed by atoms with E-state index in [0.29, 0.717) is 5.92 Å². The van der Waals surface area contributed by atoms with Gasteiger partial charge in [-0.15, -0.1) is 6.42 Å². The van der Waals surface area contributed by atoms with Gasteiger partial charge >= 0.3 is 6.03 Å². The fraction of sp³-hybridized carbons (Fsp3) is 0.308. The number of carbonyl (C=O) groups excluding carboxylic acids is 1. The maximum atomic E-state index is 11.5. The summed E-state index contributed by atoms with van der Waals surface area (Å²) in [6.45, 7) is 1.71. The van der Waals surface area contributed by atoms with Crippen LogP contribution >= 0.6 is 11.6 Å². The Balaban J connectivity index is 1.87. The molecule has 1 aromatic carbocycles. The monoisotopic (exact) mass is 248 g/mol. The molecule has 2 rings (SSSR count). The summed E-state index contributed by atoms with van der Waals surface area (Å²) in [4.78, 5) is 13.3. The van der Waals surface area contributed by atoms with Gasteiger partial charge in [0.25, 0.3) is 0 Å². The third kappa shape index (κ3) is 2.72. The largest absolute Gasteiger partial charge is 0.327 e. The molecule has 0 atom stereocenters. The lowest BCUT2D eigenvalue weighted by Gasteiger charge is -2.39. The van der Waals surface area contributed by atoms with Gasteiger partial charge in [0.1, 0.15) is 0 Å². The molecule has 1 heterocycles. The zero-order valence-corrected chi connectivity index (χ0v) is 10.1. The standard InChI is InChI=1S/C13H13ClN2O/c1-2-6-15-13(17)16-8-11(9-16)10-4-3-5-12(14)7-10/h1,3-5,7,11H,6,8-9H2,(H,15,17). The van der Waals surface area contributed by atoms with Gasteiger partial charge in [0.2, 0.25) is 0 Å². The SMILES string of the molecule is C#CCNC(=O)N1CC(c2cccc(Cl)c2)C1. The molecule has 17 heavy (non-hydrogen) atoms. The van der Waals surface area contributed by atoms with Crippen LogP contribution in [0.1, 0.15) is 11.5 Å². The van der Waals surface area contributed by atoms with Crippen molar-refractivity contribution in [2.75, 3.05) is 19.6 Å². The Hall–Kier alpha value is -1.66. The van der Waals surface area contributed by atoms with Gasteiger partial charge in [-0.2, -0.15) is 0 Å². The molecular formula is C13H13ClN2O. The van der Waals surface area contributed by atoms with E-state index < -0.39 is 0 Å². The van der Waals surface area contributed by atoms with Crippen molar-refractivity contribution in [2.45, 2.75) is 5.92 Å². The van der Waals surface area contributed by atoms with Crippen LogP contribution in [-0.2, 0) is 0 Å². The topological polar surface area (TPSA) is 32.3 Å². The second kappa shape index (κ2) is 5.11. The molecule has 0 unspecified atom stereocenters. The minimum absolute atomic E-state index is 0.0961. The van der Waals surface area contributed by atoms with Crippen molar-refractivity contribution in [2.24, 2.45) is 0 Å². The van der Waals surface area contributed by atoms with E-state index in [1.165, 1.54) is 5.56 Å². The van der Waals surface area contributed by atoms with Crippen molar-refractivity contribution in [3.05, 3.63) is 34.9 Å². The molecule has 88 valence electrons. The van der Waals surface area contributed by atoms with E-state index in [2.05, 4.69) is 11.2 Å². The van der Waals surface area contributed by atoms with E-state index in [0.717, 1.165) is 18.1 Å². The third-order valence-electron chi connectivity index (χ3n) is 2.83. The van der Waals surface area contributed by atoms with Crippen molar-refractivity contribution in [1.29, 1.82) is 0 Å². The molecular weight excluding hydrogens is 236 g/mol. The molecule has 1 fully saturated rings. The highest BCUT2D eigenvalue weighted by Crippen LogP contribution is 2.28. The number of halogens is 1. The van der Waals surface area contributed by atoms with Crippen molar-refractivity contribution < 1.29 is 4.79 Å². The first kappa shape index (κ1) is 11.8. The first-order valence-electron chi connectivity index (χ1n) is 5.42. The zero-order valence-electron chi connectivity index (χ0n) is 9.32. The number of hydrogen-bond donors (Lipinski definition) is 1. The van der Waals surface area contributed by atoms with Crippen LogP contribution in [0.3, 0.4) is 0 Å². The number of urea groups is 1. The smallest absolute Gasteiger partial charge is 0.318 e. The Morgan fingerprint density at radius 2 is 2.35 bits per heavy atom. The van der Waals surface area contributed by atoms with E-state index in [4.69, 9.17) is 18.0 Å². The van der Waals surface area contributed by atoms with Crippen LogP contribution in [0.4, 0.5) is 4.79 Å². The van der Waals surface area contributed by atoms with E-state index in [-0.39, 0.29) is 12.6 Å². The summed E-state index contributed by atoms with van der Waals surface area (Å²) in [5, 5.41) is 3.38. The number of rotatable bonds is 2. The molecule has 1 saturated heterocycles. The Labute approximate surface area is 106 Å². The number of nitrogens with one attached hydrogen (secondary N) is 1. The quantitative estimate of drug-likeness (QED) is 0.799. The maximum Gasteiger partial charge on any atom is 0.318 e. The van der Waals surface area contributed by atoms with Gasteiger partial charge in [-0.25, -0.2) is 4.79 Å². The Morgan fingerprint density at radius 1 is 1.59 bits per heavy atom. The average Bonchev–Trinajstić information content (AvgIpc) is 2.24. The van der Waals surface area contributed by atoms with Crippen LogP contribution in [0.5, 0.6) is 0 Å². The summed E-state index contributed by atoms with van der Waals surface area (Å²) in [6.07, 6.45) is 5.07. The molecule has 2 amide bonds. The first-order valence-corrected chi connectivity index (χ1v) is 5.80. The van der Waals surface area contributed by atoms with Gasteiger partial charge in [-0.3, -0.25) is 0 Å². The predicted molar refractivity (Wildman–Crippen MR) is 68.0 cm³/mol. The van der Waals surface area contributed by atoms with Crippen molar-refractivity contribution in [3.8, 4) is 12.3 Å². The fourth-order valence-corrected chi connectivity index (χ4v) is 2.05. The molecule has 1 aliphatic heterocycles. The van der Waals surface area contributed by atoms with Gasteiger partial charge in [-0.1, -0.05) is 29.7 Å². The zero-order chi connectivity index (χ0) is 12.3. The maximum absolute atomic E-state index is 11.5. The predicted octanol–water partition coefficient (Wildman–Crippen LogP) is 2.08. The summed E-state index contributed by atoms with van der Waals surface area (Å²) in [5.74, 6) is 2.76. The van der Waals surface area contributed by atoms with Crippen LogP contribution in [0.25, 0.3) is 0 Å². The average molecular weight is 249 g/mol. The van der Waals surface area contributed by atoms with Crippen LogP contribution in [-0.4, -0.2) is 30.6 Å². The minimum atomic E-state index is -0.0961. The van der Waals surface area contributed by atoms with Crippen molar-refractivity contribution in [3.63, 3.8) is 0 Å². The number of carbonyl (C=O) groups is 1. The molecule has 3 nitrogen and oxygen atoms in total. The highest BCUT2D eigenvalue weighted by molar-refractivity contribution is 6.30. The summed E-state index contributed by atoms with van der Waals surface area (Å²) in [6, 6.07) is 7.66. The molecule has 4 heteroatoms. The van der Waals surface area contributed by atoms with E-state index >= 15 is 0 Å². The summed E-state index contributed by atoms with van der Waals surface area (Å²) in [5.41, 5.74) is 1.18. The lowest BCUT2D eigenvalue weighted by atomic mass is 9.92. The highest BCUT2D eigenvalue weighted by atomic mass is 35.5. The molecule has 0 aliphatic carbocycles. The number of likely N-dealkylation sites (tertiary alicyclic amines) is 1. The molecule has 0 saturated carbocycles. The second-order valence-electron chi connectivity index (χ2n) is 4.02. The van der Waals surface area contributed by atoms with Gasteiger partial charge in [0.15, 0.2) is 0 Å². The number of terminal acetylenes is 1. The van der Waals surface area contributed by atoms with Gasteiger partial charge in [-0.05, 0) is 17.7 Å². The molecule has 0 spiro atoms. The molecule has 0 aromatic heterocycles. The fourth-order valence-electron chi connectivity index (χ4n) is 1.85. The Morgan fingerprint density at radius 3 is 3.00 bits per heavy atom. The number of amides is 2. The molecule has 1 N–H and O–H groups in total. The lowest BCUT2D eigenvalue weighted by molar-refractivity contribution is 0.152. The summed E-state index contributed by atoms with van der Waals surface area (Å²) >= 11 is 5.92. The summed E-state index contributed by atoms with van der Waals surface area (Å²) in [7, 11) is 0. The van der Waals surface area contributed by atoms with Gasteiger partial charge in [0.05, 0.1) is 6.54 Å². The van der Waals surface area contributed by atoms with Crippen LogP contribution in [0, 0.1) is 12.3 Å². The molecule has 0 bridgehead atoms. The third-order valence-corrected chi connectivity index (χ3v) is 3.07. The van der Waals surface area contributed by atoms with Gasteiger partial charge < -0.3 is 10.2 Å². The lowest BCUT2D eigenvalue weighted by Crippen LogP contribution is -2.52. The van der Waals surface area contributed by atoms with Crippen LogP contribution < -0.4 is 5.32 Å². The van der Waals surface area contributed by atoms with Crippen molar-refractivity contribution >= 4 is 17.6 Å². The highest BCUT2D eigenvalue weighted by Gasteiger charge is 2.31. The van der Waals surface area contributed by atoms with Crippen LogP contribution in [0.15, 0.2) is 24.3 Å². The number of benzene rings is 1. The summed E-state index contributed by atoms with van der Waals surface area (Å²) < 4.78 is 0. The van der Waals surface area contributed by atoms with E-state index in [1.54, 1.807) is 4.90 Å².